The van der Waals surface area contributed by atoms with Gasteiger partial charge in [0.1, 0.15) is 78.8 Å². The van der Waals surface area contributed by atoms with E-state index in [1.165, 1.54) is 50.6 Å². The molecule has 0 aliphatic rings. The number of carboxylic acids is 2. The van der Waals surface area contributed by atoms with E-state index in [1.54, 1.807) is 105 Å². The number of hydrogen-bond acceptors (Lipinski definition) is 19. The van der Waals surface area contributed by atoms with Crippen LogP contribution in [-0.2, 0) is 99.2 Å². The Morgan fingerprint density at radius 3 is 1.38 bits per heavy atom. The van der Waals surface area contributed by atoms with Crippen molar-refractivity contribution in [2.45, 2.75) is 152 Å². The third kappa shape index (κ3) is 26.0. The van der Waals surface area contributed by atoms with Crippen LogP contribution in [0.3, 0.4) is 0 Å². The molecule has 588 valence electrons. The standard InChI is InChI=1S/C74H93N17O17S2/c1-39(2)63(91-71(105)56(29-45-33-78-51-19-11-9-17-49(45)51)88-70(104)58(31-61(94)95)84-64(98)40(3)81-72(106)59(36-109)82-41(4)92)74(108)90-60(37-110)73(107)86-54(27-43-21-23-47(93)24-22-43)67(101)87-55(28-44-32-77-50-18-10-8-16-48(44)50)68(102)89-57(30-46-34-76-38-80-46)69(103)83-52(20-12-13-25-75)66(100)85-53(65(99)79-35-62(96)97)26-42-14-6-5-7-15-42/h5-11,14-19,21-24,32-34,38-40,52-60,63,77-78,93,109-110H,12-13,20,25-31,35-37,75H2,1-4H3,(H,76,80)(H,79,99)(H,81,106)(H,82,92)(H,83,103)(H,84,98)(H,85,100)(H,86,107)(H,87,101)(H,88,104)(H,89,102)(H,90,108)(H,91,105)(H,94,95)(H,96,97)/t40-,52-,53-,54-,55-,56-,57-,58-,59-,60-,63-/m0/s1. The Hall–Kier alpha value is -11.8. The summed E-state index contributed by atoms with van der Waals surface area (Å²) in [5.74, 6) is -15.3. The van der Waals surface area contributed by atoms with Crippen LogP contribution in [0.4, 0.5) is 0 Å². The highest BCUT2D eigenvalue weighted by molar-refractivity contribution is 7.80. The number of para-hydroxylation sites is 2. The van der Waals surface area contributed by atoms with Crippen molar-refractivity contribution < 1.29 is 82.4 Å². The third-order valence-corrected chi connectivity index (χ3v) is 18.4. The molecule has 34 nitrogen and oxygen atoms in total. The molecular formula is C74H93N17O17S2. The molecule has 11 atom stereocenters. The molecule has 12 amide bonds. The van der Waals surface area contributed by atoms with Gasteiger partial charge in [-0.05, 0) is 85.2 Å². The maximum atomic E-state index is 15.3. The molecule has 4 aromatic carbocycles. The summed E-state index contributed by atoms with van der Waals surface area (Å²) >= 11 is 8.49. The number of aromatic hydroxyl groups is 1. The molecule has 0 spiro atoms. The quantitative estimate of drug-likeness (QED) is 0.0166. The number of aliphatic carboxylic acids is 2. The van der Waals surface area contributed by atoms with Crippen molar-refractivity contribution in [2.24, 2.45) is 11.7 Å². The predicted molar refractivity (Wildman–Crippen MR) is 409 cm³/mol. The zero-order chi connectivity index (χ0) is 80.1. The Kier molecular flexibility index (Phi) is 32.7. The number of phenolic OH excluding ortho intramolecular Hbond substituents is 1. The summed E-state index contributed by atoms with van der Waals surface area (Å²) in [7, 11) is 0. The SMILES string of the molecule is CC(=O)N[C@@H](CS)C(=O)N[C@@H](C)C(=O)N[C@@H](CC(=O)O)C(=O)N[C@@H](Cc1c[nH]c2ccccc12)C(=O)N[C@H](C(=O)N[C@@H](CS)C(=O)N[C@@H](Cc1ccc(O)cc1)C(=O)N[C@@H](Cc1c[nH]c2ccccc12)C(=O)N[C@@H](Cc1cnc[nH]1)C(=O)N[C@@H](CCCCN)C(=O)N[C@@H](Cc1ccccc1)C(=O)NCC(=O)O)C(C)C. The number of fused-ring (bicyclic) bond motifs is 2. The molecule has 7 aromatic rings. The fourth-order valence-corrected chi connectivity index (χ4v) is 12.4. The lowest BCUT2D eigenvalue weighted by Crippen LogP contribution is -2.62. The molecule has 0 bridgehead atoms. The summed E-state index contributed by atoms with van der Waals surface area (Å²) in [5.41, 5.74) is 9.50. The number of rotatable bonds is 43. The number of phenols is 1. The molecule has 20 N–H and O–H groups in total. The number of unbranched alkanes of at least 4 members (excludes halogenated alkanes) is 1. The van der Waals surface area contributed by atoms with Gasteiger partial charge in [-0.1, -0.05) is 92.7 Å². The number of hydrogen-bond donors (Lipinski definition) is 21. The molecular weight excluding hydrogens is 1460 g/mol. The van der Waals surface area contributed by atoms with E-state index < -0.39 is 174 Å². The molecule has 110 heavy (non-hydrogen) atoms. The molecule has 0 fully saturated rings. The summed E-state index contributed by atoms with van der Waals surface area (Å²) in [5, 5.41) is 61.6. The fourth-order valence-electron chi connectivity index (χ4n) is 11.8. The largest absolute Gasteiger partial charge is 0.508 e. The number of aromatic nitrogens is 4. The van der Waals surface area contributed by atoms with Crippen molar-refractivity contribution in [3.8, 4) is 5.75 Å². The van der Waals surface area contributed by atoms with Crippen LogP contribution in [0, 0.1) is 5.92 Å². The van der Waals surface area contributed by atoms with Crippen molar-refractivity contribution in [1.29, 1.82) is 0 Å². The van der Waals surface area contributed by atoms with E-state index in [0.29, 0.717) is 62.6 Å². The first-order chi connectivity index (χ1) is 52.5. The van der Waals surface area contributed by atoms with Crippen LogP contribution in [0.2, 0.25) is 0 Å². The normalized spacial score (nSPS) is 14.2. The van der Waals surface area contributed by atoms with Crippen LogP contribution in [0.25, 0.3) is 21.8 Å². The van der Waals surface area contributed by atoms with Crippen LogP contribution in [-0.4, -0.2) is 209 Å². The summed E-state index contributed by atoms with van der Waals surface area (Å²) in [4.78, 5) is 207. The zero-order valence-electron chi connectivity index (χ0n) is 60.7. The third-order valence-electron chi connectivity index (χ3n) is 17.7. The molecule has 0 aliphatic carbocycles. The number of nitrogens with two attached hydrogens (primary N) is 1. The first kappa shape index (κ1) is 85.5. The lowest BCUT2D eigenvalue weighted by atomic mass is 9.99. The van der Waals surface area contributed by atoms with Gasteiger partial charge in [0.15, 0.2) is 0 Å². The fraction of sp³-hybridized carbons (Fsp3) is 0.392. The smallest absolute Gasteiger partial charge is 0.322 e. The molecule has 0 radical (unpaired) electrons. The number of carboxylic acid groups (broad SMARTS) is 2. The Morgan fingerprint density at radius 2 is 0.882 bits per heavy atom. The van der Waals surface area contributed by atoms with Gasteiger partial charge in [-0.15, -0.1) is 0 Å². The number of amides is 12. The number of carbonyl (C=O) groups excluding carboxylic acids is 12. The van der Waals surface area contributed by atoms with Crippen molar-refractivity contribution in [2.75, 3.05) is 24.6 Å². The van der Waals surface area contributed by atoms with E-state index in [4.69, 9.17) is 5.73 Å². The van der Waals surface area contributed by atoms with Crippen molar-refractivity contribution in [3.05, 3.63) is 156 Å². The van der Waals surface area contributed by atoms with Crippen LogP contribution >= 0.6 is 25.3 Å². The van der Waals surface area contributed by atoms with Crippen molar-refractivity contribution in [1.82, 2.24) is 83.7 Å². The topological polar surface area (TPSA) is 530 Å². The average Bonchev–Trinajstić information content (AvgIpc) is 1.63. The number of carbonyl (C=O) groups is 14. The summed E-state index contributed by atoms with van der Waals surface area (Å²) in [6.45, 7) is 5.01. The Morgan fingerprint density at radius 1 is 0.445 bits per heavy atom. The van der Waals surface area contributed by atoms with Crippen LogP contribution in [0.5, 0.6) is 5.75 Å². The van der Waals surface area contributed by atoms with Gasteiger partial charge in [0.25, 0.3) is 0 Å². The van der Waals surface area contributed by atoms with Gasteiger partial charge in [-0.25, -0.2) is 4.98 Å². The molecule has 0 saturated heterocycles. The van der Waals surface area contributed by atoms with Gasteiger partial charge in [0.2, 0.25) is 70.9 Å². The molecule has 0 unspecified atom stereocenters. The second-order valence-electron chi connectivity index (χ2n) is 26.5. The number of thiol groups is 2. The average molecular weight is 1560 g/mol. The number of H-pyrrole nitrogens is 3. The van der Waals surface area contributed by atoms with Crippen molar-refractivity contribution in [3.63, 3.8) is 0 Å². The Bertz CT molecular complexity index is 4370. The maximum absolute atomic E-state index is 15.3. The van der Waals surface area contributed by atoms with E-state index in [0.717, 1.165) is 0 Å². The van der Waals surface area contributed by atoms with Gasteiger partial charge in [-0.2, -0.15) is 25.3 Å². The monoisotopic (exact) mass is 1560 g/mol. The van der Waals surface area contributed by atoms with Crippen LogP contribution < -0.4 is 69.5 Å². The van der Waals surface area contributed by atoms with Crippen LogP contribution in [0.1, 0.15) is 81.3 Å². The number of imidazole rings is 1. The molecule has 3 heterocycles. The molecule has 3 aromatic heterocycles. The highest BCUT2D eigenvalue weighted by Gasteiger charge is 2.38. The predicted octanol–water partition coefficient (Wildman–Crippen LogP) is -0.716. The second-order valence-corrected chi connectivity index (χ2v) is 27.3. The summed E-state index contributed by atoms with van der Waals surface area (Å²) < 4.78 is 0. The zero-order valence-corrected chi connectivity index (χ0v) is 62.5. The van der Waals surface area contributed by atoms with E-state index in [9.17, 15) is 72.9 Å². The maximum Gasteiger partial charge on any atom is 0.322 e. The highest BCUT2D eigenvalue weighted by Crippen LogP contribution is 2.23. The first-order valence-corrected chi connectivity index (χ1v) is 36.6. The first-order valence-electron chi connectivity index (χ1n) is 35.4. The lowest BCUT2D eigenvalue weighted by molar-refractivity contribution is -0.141. The van der Waals surface area contributed by atoms with Gasteiger partial charge in [0, 0.05) is 96.6 Å². The lowest BCUT2D eigenvalue weighted by Gasteiger charge is -2.29. The van der Waals surface area contributed by atoms with E-state index in [2.05, 4.69) is 109 Å². The van der Waals surface area contributed by atoms with Gasteiger partial charge < -0.3 is 99.8 Å². The van der Waals surface area contributed by atoms with Crippen LogP contribution in [0.15, 0.2) is 128 Å². The Balaban J connectivity index is 1.14. The minimum atomic E-state index is -1.86. The number of benzene rings is 4. The molecule has 0 saturated carbocycles. The van der Waals surface area contributed by atoms with Gasteiger partial charge >= 0.3 is 11.9 Å². The van der Waals surface area contributed by atoms with Gasteiger partial charge in [-0.3, -0.25) is 67.1 Å². The Labute approximate surface area is 642 Å². The summed E-state index contributed by atoms with van der Waals surface area (Å²) in [6.07, 6.45) is 4.46. The van der Waals surface area contributed by atoms with Crippen molar-refractivity contribution >= 4 is 130 Å². The molecule has 36 heteroatoms. The number of nitrogens with one attached hydrogen (secondary N) is 15. The number of aromatic amines is 3. The second kappa shape index (κ2) is 42.1. The highest BCUT2D eigenvalue weighted by atomic mass is 32.1. The minimum absolute atomic E-state index is 0.0117. The molecule has 7 rings (SSSR count). The minimum Gasteiger partial charge on any atom is -0.508 e. The van der Waals surface area contributed by atoms with E-state index in [1.807, 2.05) is 0 Å². The van der Waals surface area contributed by atoms with E-state index >= 15 is 9.59 Å². The van der Waals surface area contributed by atoms with Gasteiger partial charge in [0.05, 0.1) is 12.7 Å². The summed E-state index contributed by atoms with van der Waals surface area (Å²) in [6, 6.07) is 11.8. The molecule has 0 aliphatic heterocycles. The number of nitrogens with zero attached hydrogens (tertiary/aromatic N) is 1. The van der Waals surface area contributed by atoms with E-state index in [-0.39, 0.29) is 56.6 Å².